The summed E-state index contributed by atoms with van der Waals surface area (Å²) < 4.78 is 15.6. The quantitative estimate of drug-likeness (QED) is 0.355. The maximum Gasteiger partial charge on any atom is 0.408 e. The molecule has 9 heteroatoms. The largest absolute Gasteiger partial charge is 0.460 e. The summed E-state index contributed by atoms with van der Waals surface area (Å²) in [5, 5.41) is 14.2. The number of esters is 2. The van der Waals surface area contributed by atoms with Crippen molar-refractivity contribution in [1.29, 1.82) is 0 Å². The predicted molar refractivity (Wildman–Crippen MR) is 105 cm³/mol. The van der Waals surface area contributed by atoms with Crippen LogP contribution < -0.4 is 5.32 Å². The van der Waals surface area contributed by atoms with Crippen LogP contribution in [-0.4, -0.2) is 64.2 Å². The van der Waals surface area contributed by atoms with Crippen LogP contribution in [0.15, 0.2) is 25.3 Å². The SMILES string of the molecule is C=CC(=O)OCC(C)(COC(=O)C=C)NC(=O)OC1CC(C)(C)N(O)C(C)(C)C1. The van der Waals surface area contributed by atoms with Gasteiger partial charge in [-0.1, -0.05) is 13.2 Å². The molecule has 0 aliphatic carbocycles. The molecule has 164 valence electrons. The molecule has 2 N–H and O–H groups in total. The zero-order valence-electron chi connectivity index (χ0n) is 17.8. The van der Waals surface area contributed by atoms with E-state index in [1.165, 1.54) is 5.06 Å². The fourth-order valence-corrected chi connectivity index (χ4v) is 3.38. The highest BCUT2D eigenvalue weighted by molar-refractivity contribution is 5.82. The Balaban J connectivity index is 2.82. The molecule has 1 rings (SSSR count). The van der Waals surface area contributed by atoms with Crippen LogP contribution >= 0.6 is 0 Å². The zero-order chi connectivity index (χ0) is 22.5. The first-order valence-electron chi connectivity index (χ1n) is 9.31. The summed E-state index contributed by atoms with van der Waals surface area (Å²) in [5.74, 6) is -1.36. The number of nitrogens with zero attached hydrogens (tertiary/aromatic N) is 1. The van der Waals surface area contributed by atoms with Gasteiger partial charge in [0.05, 0.1) is 0 Å². The van der Waals surface area contributed by atoms with Gasteiger partial charge in [-0.3, -0.25) is 0 Å². The van der Waals surface area contributed by atoms with Crippen LogP contribution in [0.3, 0.4) is 0 Å². The number of hydrogen-bond donors (Lipinski definition) is 2. The number of carbonyl (C=O) groups excluding carboxylic acids is 3. The molecule has 0 aromatic rings. The van der Waals surface area contributed by atoms with Gasteiger partial charge in [0, 0.05) is 36.1 Å². The fraction of sp³-hybridized carbons (Fsp3) is 0.650. The van der Waals surface area contributed by atoms with Gasteiger partial charge in [0.2, 0.25) is 0 Å². The number of ether oxygens (including phenoxy) is 3. The van der Waals surface area contributed by atoms with E-state index in [9.17, 15) is 19.6 Å². The second kappa shape index (κ2) is 9.41. The summed E-state index contributed by atoms with van der Waals surface area (Å²) in [6, 6.07) is 0. The molecule has 29 heavy (non-hydrogen) atoms. The lowest BCUT2D eigenvalue weighted by molar-refractivity contribution is -0.256. The van der Waals surface area contributed by atoms with E-state index in [-0.39, 0.29) is 13.2 Å². The topological polar surface area (TPSA) is 114 Å². The van der Waals surface area contributed by atoms with Gasteiger partial charge in [-0.15, -0.1) is 0 Å². The molecule has 0 atom stereocenters. The molecule has 1 aliphatic heterocycles. The fourth-order valence-electron chi connectivity index (χ4n) is 3.38. The molecule has 1 amide bonds. The number of piperidine rings is 1. The highest BCUT2D eigenvalue weighted by atomic mass is 16.6. The maximum atomic E-state index is 12.5. The van der Waals surface area contributed by atoms with E-state index in [0.717, 1.165) is 12.2 Å². The van der Waals surface area contributed by atoms with Gasteiger partial charge in [0.1, 0.15) is 24.9 Å². The van der Waals surface area contributed by atoms with Crippen molar-refractivity contribution in [2.24, 2.45) is 0 Å². The van der Waals surface area contributed by atoms with Crippen LogP contribution in [0.5, 0.6) is 0 Å². The Morgan fingerprint density at radius 3 is 1.86 bits per heavy atom. The van der Waals surface area contributed by atoms with Gasteiger partial charge in [0.25, 0.3) is 0 Å². The molecule has 1 heterocycles. The number of amides is 1. The molecule has 9 nitrogen and oxygen atoms in total. The Morgan fingerprint density at radius 2 is 1.48 bits per heavy atom. The second-order valence-electron chi connectivity index (χ2n) is 8.68. The van der Waals surface area contributed by atoms with Gasteiger partial charge in [-0.05, 0) is 34.6 Å². The van der Waals surface area contributed by atoms with Gasteiger partial charge in [-0.2, -0.15) is 5.06 Å². The summed E-state index contributed by atoms with van der Waals surface area (Å²) in [7, 11) is 0. The number of hydroxylamine groups is 2. The Hall–Kier alpha value is -2.39. The van der Waals surface area contributed by atoms with Crippen LogP contribution in [0.2, 0.25) is 0 Å². The van der Waals surface area contributed by atoms with Gasteiger partial charge in [-0.25, -0.2) is 14.4 Å². The number of carbonyl (C=O) groups is 3. The molecule has 0 bridgehead atoms. The first-order valence-corrected chi connectivity index (χ1v) is 9.31. The van der Waals surface area contributed by atoms with Crippen molar-refractivity contribution >= 4 is 18.0 Å². The van der Waals surface area contributed by atoms with Crippen LogP contribution in [0.25, 0.3) is 0 Å². The minimum Gasteiger partial charge on any atom is -0.460 e. The number of hydrogen-bond acceptors (Lipinski definition) is 8. The zero-order valence-corrected chi connectivity index (χ0v) is 17.8. The summed E-state index contributed by atoms with van der Waals surface area (Å²) in [4.78, 5) is 35.3. The van der Waals surface area contributed by atoms with E-state index in [4.69, 9.17) is 14.2 Å². The van der Waals surface area contributed by atoms with Crippen molar-refractivity contribution < 1.29 is 33.8 Å². The third-order valence-corrected chi connectivity index (χ3v) is 4.68. The molecule has 0 radical (unpaired) electrons. The number of nitrogens with one attached hydrogen (secondary N) is 1. The van der Waals surface area contributed by atoms with E-state index in [1.54, 1.807) is 6.92 Å². The normalized spacial score (nSPS) is 19.0. The molecule has 0 saturated carbocycles. The maximum absolute atomic E-state index is 12.5. The lowest BCUT2D eigenvalue weighted by Gasteiger charge is -2.50. The standard InChI is InChI=1S/C20H32N2O7/c1-8-15(23)27-12-20(7,13-28-16(24)9-2)21-17(25)29-14-10-18(3,4)22(26)19(5,6)11-14/h8-9,14,26H,1-2,10-13H2,3-7H3,(H,21,25). The van der Waals surface area contributed by atoms with Gasteiger partial charge in [0.15, 0.2) is 0 Å². The monoisotopic (exact) mass is 412 g/mol. The lowest BCUT2D eigenvalue weighted by atomic mass is 9.80. The second-order valence-corrected chi connectivity index (χ2v) is 8.68. The van der Waals surface area contributed by atoms with Crippen molar-refractivity contribution in [3.63, 3.8) is 0 Å². The molecule has 0 aromatic carbocycles. The number of alkyl carbamates (subject to hydrolysis) is 1. The third-order valence-electron chi connectivity index (χ3n) is 4.68. The third kappa shape index (κ3) is 7.17. The Bertz CT molecular complexity index is 615. The minimum atomic E-state index is -1.23. The van der Waals surface area contributed by atoms with E-state index >= 15 is 0 Å². The van der Waals surface area contributed by atoms with E-state index in [0.29, 0.717) is 12.8 Å². The van der Waals surface area contributed by atoms with Crippen LogP contribution in [0.1, 0.15) is 47.5 Å². The van der Waals surface area contributed by atoms with Crippen molar-refractivity contribution in [2.45, 2.75) is 70.2 Å². The first-order chi connectivity index (χ1) is 13.2. The van der Waals surface area contributed by atoms with Crippen LogP contribution in [0, 0.1) is 0 Å². The molecular weight excluding hydrogens is 380 g/mol. The number of rotatable bonds is 8. The summed E-state index contributed by atoms with van der Waals surface area (Å²) in [6.07, 6.45) is 1.63. The molecule has 1 aliphatic rings. The van der Waals surface area contributed by atoms with E-state index in [1.807, 2.05) is 27.7 Å². The van der Waals surface area contributed by atoms with Crippen molar-refractivity contribution in [1.82, 2.24) is 10.4 Å². The first kappa shape index (κ1) is 24.6. The molecule has 1 saturated heterocycles. The highest BCUT2D eigenvalue weighted by Crippen LogP contribution is 2.37. The van der Waals surface area contributed by atoms with Crippen molar-refractivity contribution in [3.8, 4) is 0 Å². The summed E-state index contributed by atoms with van der Waals surface area (Å²) in [5.41, 5.74) is -2.40. The Kier molecular flexibility index (Phi) is 7.99. The molecule has 0 unspecified atom stereocenters. The molecule has 1 fully saturated rings. The molecule has 0 spiro atoms. The van der Waals surface area contributed by atoms with Crippen LogP contribution in [0.4, 0.5) is 4.79 Å². The van der Waals surface area contributed by atoms with Crippen LogP contribution in [-0.2, 0) is 23.8 Å². The minimum absolute atomic E-state index is 0.260. The van der Waals surface area contributed by atoms with E-state index in [2.05, 4.69) is 18.5 Å². The Labute approximate surface area is 171 Å². The molecule has 0 aromatic heterocycles. The van der Waals surface area contributed by atoms with Crippen molar-refractivity contribution in [3.05, 3.63) is 25.3 Å². The van der Waals surface area contributed by atoms with E-state index < -0.39 is 40.8 Å². The smallest absolute Gasteiger partial charge is 0.408 e. The predicted octanol–water partition coefficient (Wildman–Crippen LogP) is 2.34. The average Bonchev–Trinajstić information content (AvgIpc) is 2.61. The van der Waals surface area contributed by atoms with Crippen molar-refractivity contribution in [2.75, 3.05) is 13.2 Å². The highest BCUT2D eigenvalue weighted by Gasteiger charge is 2.46. The average molecular weight is 412 g/mol. The molecular formula is C20H32N2O7. The Morgan fingerprint density at radius 1 is 1.07 bits per heavy atom. The lowest BCUT2D eigenvalue weighted by Crippen LogP contribution is -2.61. The summed E-state index contributed by atoms with van der Waals surface area (Å²) in [6.45, 7) is 15.1. The van der Waals surface area contributed by atoms with Gasteiger partial charge < -0.3 is 24.7 Å². The summed E-state index contributed by atoms with van der Waals surface area (Å²) >= 11 is 0. The van der Waals surface area contributed by atoms with Gasteiger partial charge >= 0.3 is 18.0 Å².